The topological polar surface area (TPSA) is 59.8 Å². The number of nitrogens with zero attached hydrogens (tertiary/aromatic N) is 1. The predicted octanol–water partition coefficient (Wildman–Crippen LogP) is 3.38. The fourth-order valence-corrected chi connectivity index (χ4v) is 2.95. The summed E-state index contributed by atoms with van der Waals surface area (Å²) in [4.78, 5) is 26.2. The zero-order chi connectivity index (χ0) is 15.4. The molecule has 1 fully saturated rings. The first-order valence-electron chi connectivity index (χ1n) is 7.29. The van der Waals surface area contributed by atoms with Gasteiger partial charge >= 0.3 is 5.97 Å². The minimum atomic E-state index is -0.798. The molecule has 0 aromatic carbocycles. The minimum Gasteiger partial charge on any atom is -0.447 e. The van der Waals surface area contributed by atoms with E-state index in [2.05, 4.69) is 22.9 Å². The number of esters is 1. The maximum absolute atomic E-state index is 12.4. The number of hydrogen-bond acceptors (Lipinski definition) is 4. The maximum Gasteiger partial charge on any atom is 0.375 e. The molecule has 1 saturated heterocycles. The van der Waals surface area contributed by atoms with E-state index < -0.39 is 12.1 Å². The van der Waals surface area contributed by atoms with Gasteiger partial charge in [-0.15, -0.1) is 0 Å². The largest absolute Gasteiger partial charge is 0.447 e. The van der Waals surface area contributed by atoms with E-state index >= 15 is 0 Å². The van der Waals surface area contributed by atoms with Gasteiger partial charge in [0.15, 0.2) is 10.8 Å². The van der Waals surface area contributed by atoms with E-state index in [9.17, 15) is 9.59 Å². The van der Waals surface area contributed by atoms with Gasteiger partial charge in [0, 0.05) is 12.6 Å². The van der Waals surface area contributed by atoms with Crippen molar-refractivity contribution < 1.29 is 18.7 Å². The molecule has 6 heteroatoms. The number of rotatable bonds is 4. The van der Waals surface area contributed by atoms with Crippen molar-refractivity contribution in [1.82, 2.24) is 4.90 Å². The van der Waals surface area contributed by atoms with Crippen molar-refractivity contribution in [3.05, 3.63) is 22.6 Å². The molecule has 21 heavy (non-hydrogen) atoms. The van der Waals surface area contributed by atoms with Gasteiger partial charge in [0.1, 0.15) is 0 Å². The van der Waals surface area contributed by atoms with E-state index in [1.807, 2.05) is 4.90 Å². The summed E-state index contributed by atoms with van der Waals surface area (Å²) in [6, 6.07) is 3.38. The van der Waals surface area contributed by atoms with Gasteiger partial charge in [-0.2, -0.15) is 0 Å². The molecule has 1 aliphatic heterocycles. The van der Waals surface area contributed by atoms with Crippen LogP contribution in [0.4, 0.5) is 0 Å². The average Bonchev–Trinajstić information content (AvgIpc) is 2.93. The molecule has 1 aromatic heterocycles. The molecule has 116 valence electrons. The van der Waals surface area contributed by atoms with Crippen molar-refractivity contribution in [2.45, 2.75) is 51.7 Å². The molecular formula is C15H20BrNO4. The number of ether oxygens (including phenoxy) is 1. The highest BCUT2D eigenvalue weighted by atomic mass is 79.9. The van der Waals surface area contributed by atoms with Gasteiger partial charge in [0.2, 0.25) is 5.76 Å². The van der Waals surface area contributed by atoms with Crippen molar-refractivity contribution in [1.29, 1.82) is 0 Å². The first-order valence-corrected chi connectivity index (χ1v) is 8.09. The van der Waals surface area contributed by atoms with Crippen molar-refractivity contribution >= 4 is 27.8 Å². The van der Waals surface area contributed by atoms with Gasteiger partial charge in [-0.1, -0.05) is 6.92 Å². The second-order valence-corrected chi connectivity index (χ2v) is 6.02. The fraction of sp³-hybridized carbons (Fsp3) is 0.600. The Morgan fingerprint density at radius 3 is 2.86 bits per heavy atom. The molecule has 0 spiro atoms. The van der Waals surface area contributed by atoms with Crippen molar-refractivity contribution in [3.8, 4) is 0 Å². The zero-order valence-electron chi connectivity index (χ0n) is 12.3. The third-order valence-electron chi connectivity index (χ3n) is 3.79. The van der Waals surface area contributed by atoms with Crippen LogP contribution in [0, 0.1) is 0 Å². The van der Waals surface area contributed by atoms with Crippen molar-refractivity contribution in [3.63, 3.8) is 0 Å². The molecule has 1 aromatic rings. The Balaban J connectivity index is 1.97. The van der Waals surface area contributed by atoms with Crippen LogP contribution < -0.4 is 0 Å². The lowest BCUT2D eigenvalue weighted by Crippen LogP contribution is -2.48. The van der Waals surface area contributed by atoms with E-state index in [1.54, 1.807) is 13.0 Å². The molecule has 0 radical (unpaired) electrons. The number of halogens is 1. The molecule has 2 unspecified atom stereocenters. The zero-order valence-corrected chi connectivity index (χ0v) is 13.9. The molecule has 5 nitrogen and oxygen atoms in total. The second kappa shape index (κ2) is 7.11. The number of amides is 1. The molecule has 0 N–H and O–H groups in total. The molecule has 0 aliphatic carbocycles. The van der Waals surface area contributed by atoms with Crippen molar-refractivity contribution in [2.75, 3.05) is 6.54 Å². The Labute approximate surface area is 132 Å². The number of carbonyl (C=O) groups is 2. The summed E-state index contributed by atoms with van der Waals surface area (Å²) in [5.74, 6) is -0.653. The van der Waals surface area contributed by atoms with E-state index in [4.69, 9.17) is 9.15 Å². The van der Waals surface area contributed by atoms with E-state index in [0.29, 0.717) is 4.67 Å². The van der Waals surface area contributed by atoms with Crippen LogP contribution in [0.3, 0.4) is 0 Å². The quantitative estimate of drug-likeness (QED) is 0.775. The Morgan fingerprint density at radius 2 is 2.24 bits per heavy atom. The summed E-state index contributed by atoms with van der Waals surface area (Å²) in [7, 11) is 0. The highest BCUT2D eigenvalue weighted by Crippen LogP contribution is 2.21. The van der Waals surface area contributed by atoms with Crippen LogP contribution in [0.15, 0.2) is 21.2 Å². The Hall–Kier alpha value is -1.30. The van der Waals surface area contributed by atoms with Crippen LogP contribution >= 0.6 is 15.9 Å². The maximum atomic E-state index is 12.4. The third kappa shape index (κ3) is 3.87. The second-order valence-electron chi connectivity index (χ2n) is 5.24. The molecule has 1 aliphatic rings. The summed E-state index contributed by atoms with van der Waals surface area (Å²) < 4.78 is 10.8. The number of carbonyl (C=O) groups excluding carboxylic acids is 2. The number of furan rings is 1. The first kappa shape index (κ1) is 16.1. The molecule has 2 heterocycles. The van der Waals surface area contributed by atoms with Crippen LogP contribution in [-0.4, -0.2) is 35.5 Å². The third-order valence-corrected chi connectivity index (χ3v) is 4.21. The number of likely N-dealkylation sites (tertiary alicyclic amines) is 1. The summed E-state index contributed by atoms with van der Waals surface area (Å²) in [5, 5.41) is 0. The summed E-state index contributed by atoms with van der Waals surface area (Å²) in [6.07, 6.45) is 3.31. The molecule has 0 saturated carbocycles. The van der Waals surface area contributed by atoms with Crippen molar-refractivity contribution in [2.24, 2.45) is 0 Å². The van der Waals surface area contributed by atoms with Gasteiger partial charge in [0.25, 0.3) is 5.91 Å². The SMILES string of the molecule is CCC1CCCCN1C(=O)C(C)OC(=O)c1ccc(Br)o1. The van der Waals surface area contributed by atoms with Gasteiger partial charge in [-0.25, -0.2) is 4.79 Å². The monoisotopic (exact) mass is 357 g/mol. The predicted molar refractivity (Wildman–Crippen MR) is 80.9 cm³/mol. The average molecular weight is 358 g/mol. The lowest BCUT2D eigenvalue weighted by Gasteiger charge is -2.36. The van der Waals surface area contributed by atoms with Crippen LogP contribution in [-0.2, 0) is 9.53 Å². The van der Waals surface area contributed by atoms with Gasteiger partial charge in [-0.3, -0.25) is 4.79 Å². The smallest absolute Gasteiger partial charge is 0.375 e. The van der Waals surface area contributed by atoms with Gasteiger partial charge in [-0.05, 0) is 60.7 Å². The van der Waals surface area contributed by atoms with E-state index in [0.717, 1.165) is 32.2 Å². The Bertz CT molecular complexity index is 514. The molecule has 2 rings (SSSR count). The number of hydrogen-bond donors (Lipinski definition) is 0. The molecule has 2 atom stereocenters. The minimum absolute atomic E-state index is 0.0900. The lowest BCUT2D eigenvalue weighted by atomic mass is 9.99. The summed E-state index contributed by atoms with van der Waals surface area (Å²) >= 11 is 3.13. The lowest BCUT2D eigenvalue weighted by molar-refractivity contribution is -0.143. The summed E-state index contributed by atoms with van der Waals surface area (Å²) in [5.41, 5.74) is 0. The summed E-state index contributed by atoms with van der Waals surface area (Å²) in [6.45, 7) is 4.43. The van der Waals surface area contributed by atoms with Crippen LogP contribution in [0.1, 0.15) is 50.1 Å². The van der Waals surface area contributed by atoms with Crippen LogP contribution in [0.25, 0.3) is 0 Å². The molecule has 1 amide bonds. The van der Waals surface area contributed by atoms with E-state index in [-0.39, 0.29) is 17.7 Å². The van der Waals surface area contributed by atoms with Crippen LogP contribution in [0.2, 0.25) is 0 Å². The standard InChI is InChI=1S/C15H20BrNO4/c1-3-11-6-4-5-9-17(11)14(18)10(2)20-15(19)12-7-8-13(16)21-12/h7-8,10-11H,3-6,9H2,1-2H3. The Morgan fingerprint density at radius 1 is 1.48 bits per heavy atom. The van der Waals surface area contributed by atoms with E-state index in [1.165, 1.54) is 6.07 Å². The number of piperidine rings is 1. The molecular weight excluding hydrogens is 338 g/mol. The highest BCUT2D eigenvalue weighted by Gasteiger charge is 2.31. The normalized spacial score (nSPS) is 20.1. The van der Waals surface area contributed by atoms with Gasteiger partial charge < -0.3 is 14.1 Å². The Kier molecular flexibility index (Phi) is 5.45. The fourth-order valence-electron chi connectivity index (χ4n) is 2.64. The van der Waals surface area contributed by atoms with Crippen LogP contribution in [0.5, 0.6) is 0 Å². The molecule has 0 bridgehead atoms. The first-order chi connectivity index (χ1) is 10.0. The van der Waals surface area contributed by atoms with Gasteiger partial charge in [0.05, 0.1) is 0 Å². The highest BCUT2D eigenvalue weighted by molar-refractivity contribution is 9.10.